The molecule has 0 fully saturated rings. The Balaban J connectivity index is 2.96. The van der Waals surface area contributed by atoms with E-state index in [0.717, 1.165) is 0 Å². The van der Waals surface area contributed by atoms with Gasteiger partial charge in [0.1, 0.15) is 11.7 Å². The first-order valence-electron chi connectivity index (χ1n) is 6.59. The fraction of sp³-hybridized carbons (Fsp3) is 0.467. The number of hydrogen-bond donors (Lipinski definition) is 1. The van der Waals surface area contributed by atoms with Gasteiger partial charge < -0.3 is 10.1 Å². The molecule has 1 aromatic rings. The van der Waals surface area contributed by atoms with Gasteiger partial charge in [0.2, 0.25) is 5.91 Å². The molecule has 0 aliphatic carbocycles. The van der Waals surface area contributed by atoms with E-state index in [4.69, 9.17) is 4.74 Å². The van der Waals surface area contributed by atoms with Crippen molar-refractivity contribution in [1.82, 2.24) is 0 Å². The van der Waals surface area contributed by atoms with Crippen molar-refractivity contribution >= 4 is 33.5 Å². The zero-order valence-corrected chi connectivity index (χ0v) is 14.1. The van der Waals surface area contributed by atoms with Gasteiger partial charge >= 0.3 is 5.97 Å². The number of ether oxygens (including phenoxy) is 1. The van der Waals surface area contributed by atoms with Crippen LogP contribution in [0.15, 0.2) is 22.7 Å². The van der Waals surface area contributed by atoms with Crippen LogP contribution in [0.1, 0.15) is 27.7 Å². The number of anilines is 1. The predicted octanol–water partition coefficient (Wildman–Crippen LogP) is 3.75. The molecule has 0 aromatic heterocycles. The van der Waals surface area contributed by atoms with Gasteiger partial charge in [-0.05, 0) is 46.5 Å². The normalized spacial score (nSPS) is 12.7. The lowest BCUT2D eigenvalue weighted by Crippen LogP contribution is -2.40. The van der Waals surface area contributed by atoms with Gasteiger partial charge in [-0.1, -0.05) is 20.8 Å². The molecule has 116 valence electrons. The minimum atomic E-state index is -0.943. The monoisotopic (exact) mass is 359 g/mol. The number of rotatable bonds is 4. The molecule has 1 unspecified atom stereocenters. The van der Waals surface area contributed by atoms with Gasteiger partial charge in [-0.25, -0.2) is 4.39 Å². The van der Waals surface area contributed by atoms with E-state index >= 15 is 0 Å². The molecule has 4 nitrogen and oxygen atoms in total. The quantitative estimate of drug-likeness (QED) is 0.657. The molecule has 0 saturated carbocycles. The van der Waals surface area contributed by atoms with Crippen molar-refractivity contribution in [3.63, 3.8) is 0 Å². The van der Waals surface area contributed by atoms with Gasteiger partial charge in [0, 0.05) is 5.69 Å². The van der Waals surface area contributed by atoms with Gasteiger partial charge in [0.05, 0.1) is 11.1 Å². The maximum Gasteiger partial charge on any atom is 0.319 e. The second-order valence-corrected chi connectivity index (χ2v) is 6.52. The number of benzene rings is 1. The SMILES string of the molecule is CCOC(=O)C(C(=O)Nc1ccc(F)c(Br)c1)C(C)(C)C. The zero-order valence-electron chi connectivity index (χ0n) is 12.5. The second kappa shape index (κ2) is 7.02. The topological polar surface area (TPSA) is 55.4 Å². The average Bonchev–Trinajstić information content (AvgIpc) is 2.32. The van der Waals surface area contributed by atoms with Gasteiger partial charge in [-0.2, -0.15) is 0 Å². The van der Waals surface area contributed by atoms with Crippen LogP contribution in [0.2, 0.25) is 0 Å². The van der Waals surface area contributed by atoms with Crippen LogP contribution >= 0.6 is 15.9 Å². The Morgan fingerprint density at radius 1 is 1.38 bits per heavy atom. The maximum absolute atomic E-state index is 13.2. The lowest BCUT2D eigenvalue weighted by Gasteiger charge is -2.27. The molecule has 1 atom stereocenters. The van der Waals surface area contributed by atoms with E-state index in [-0.39, 0.29) is 11.1 Å². The van der Waals surface area contributed by atoms with E-state index < -0.39 is 29.0 Å². The summed E-state index contributed by atoms with van der Waals surface area (Å²) in [6, 6.07) is 4.11. The van der Waals surface area contributed by atoms with Crippen molar-refractivity contribution in [1.29, 1.82) is 0 Å². The highest BCUT2D eigenvalue weighted by molar-refractivity contribution is 9.10. The minimum Gasteiger partial charge on any atom is -0.465 e. The third-order valence-corrected chi connectivity index (χ3v) is 3.45. The standard InChI is InChI=1S/C15H19BrFNO3/c1-5-21-14(20)12(15(2,3)4)13(19)18-9-6-7-11(17)10(16)8-9/h6-8,12H,5H2,1-4H3,(H,18,19). The number of carbonyl (C=O) groups excluding carboxylic acids is 2. The van der Waals surface area contributed by atoms with Crippen LogP contribution in [0, 0.1) is 17.2 Å². The highest BCUT2D eigenvalue weighted by Gasteiger charge is 2.38. The van der Waals surface area contributed by atoms with E-state index in [2.05, 4.69) is 21.2 Å². The van der Waals surface area contributed by atoms with Crippen LogP contribution in [0.3, 0.4) is 0 Å². The summed E-state index contributed by atoms with van der Waals surface area (Å²) in [5.74, 6) is -2.41. The van der Waals surface area contributed by atoms with E-state index in [0.29, 0.717) is 5.69 Å². The molecule has 1 rings (SSSR count). The summed E-state index contributed by atoms with van der Waals surface area (Å²) in [5, 5.41) is 2.62. The highest BCUT2D eigenvalue weighted by atomic mass is 79.9. The molecule has 1 amide bonds. The fourth-order valence-electron chi connectivity index (χ4n) is 1.87. The predicted molar refractivity (Wildman–Crippen MR) is 82.3 cm³/mol. The van der Waals surface area contributed by atoms with Crippen molar-refractivity contribution < 1.29 is 18.7 Å². The lowest BCUT2D eigenvalue weighted by molar-refractivity contribution is -0.155. The Hall–Kier alpha value is -1.43. The Morgan fingerprint density at radius 3 is 2.48 bits per heavy atom. The average molecular weight is 360 g/mol. The van der Waals surface area contributed by atoms with E-state index in [9.17, 15) is 14.0 Å². The summed E-state index contributed by atoms with van der Waals surface area (Å²) in [6.07, 6.45) is 0. The Kier molecular flexibility index (Phi) is 5.89. The highest BCUT2D eigenvalue weighted by Crippen LogP contribution is 2.29. The molecule has 0 aliphatic heterocycles. The summed E-state index contributed by atoms with van der Waals surface area (Å²) in [7, 11) is 0. The number of nitrogens with one attached hydrogen (secondary N) is 1. The van der Waals surface area contributed by atoms with Crippen molar-refractivity contribution in [2.45, 2.75) is 27.7 Å². The Labute approximate surface area is 132 Å². The first kappa shape index (κ1) is 17.6. The van der Waals surface area contributed by atoms with Crippen LogP contribution in [0.4, 0.5) is 10.1 Å². The summed E-state index contributed by atoms with van der Waals surface area (Å²) < 4.78 is 18.4. The molecule has 0 radical (unpaired) electrons. The second-order valence-electron chi connectivity index (χ2n) is 5.67. The summed E-state index contributed by atoms with van der Waals surface area (Å²) >= 11 is 3.05. The molecule has 1 aromatic carbocycles. The number of amides is 1. The number of esters is 1. The van der Waals surface area contributed by atoms with Gasteiger partial charge in [0.25, 0.3) is 0 Å². The molecule has 0 heterocycles. The number of carbonyl (C=O) groups is 2. The van der Waals surface area contributed by atoms with Crippen LogP contribution in [0.5, 0.6) is 0 Å². The zero-order chi connectivity index (χ0) is 16.2. The van der Waals surface area contributed by atoms with Crippen LogP contribution < -0.4 is 5.32 Å². The van der Waals surface area contributed by atoms with Crippen molar-refractivity contribution in [3.8, 4) is 0 Å². The van der Waals surface area contributed by atoms with Gasteiger partial charge in [0.15, 0.2) is 0 Å². The first-order chi connectivity index (χ1) is 9.66. The van der Waals surface area contributed by atoms with E-state index in [1.54, 1.807) is 27.7 Å². The molecule has 1 N–H and O–H groups in total. The van der Waals surface area contributed by atoms with Crippen molar-refractivity contribution in [3.05, 3.63) is 28.5 Å². The summed E-state index contributed by atoms with van der Waals surface area (Å²) in [5.41, 5.74) is -0.181. The smallest absolute Gasteiger partial charge is 0.319 e. The minimum absolute atomic E-state index is 0.209. The van der Waals surface area contributed by atoms with Crippen LogP contribution in [-0.2, 0) is 14.3 Å². The molecule has 21 heavy (non-hydrogen) atoms. The Morgan fingerprint density at radius 2 is 2.00 bits per heavy atom. The molecule has 6 heteroatoms. The Bertz CT molecular complexity index is 540. The molecule has 0 aliphatic rings. The van der Waals surface area contributed by atoms with E-state index in [1.807, 2.05) is 0 Å². The largest absolute Gasteiger partial charge is 0.465 e. The van der Waals surface area contributed by atoms with Gasteiger partial charge in [-0.15, -0.1) is 0 Å². The van der Waals surface area contributed by atoms with E-state index in [1.165, 1.54) is 18.2 Å². The first-order valence-corrected chi connectivity index (χ1v) is 7.38. The molecular formula is C15H19BrFNO3. The molecule has 0 saturated heterocycles. The van der Waals surface area contributed by atoms with Crippen LogP contribution in [-0.4, -0.2) is 18.5 Å². The number of halogens is 2. The fourth-order valence-corrected chi connectivity index (χ4v) is 2.25. The maximum atomic E-state index is 13.2. The third kappa shape index (κ3) is 4.81. The molecular weight excluding hydrogens is 341 g/mol. The third-order valence-electron chi connectivity index (χ3n) is 2.84. The van der Waals surface area contributed by atoms with Crippen molar-refractivity contribution in [2.24, 2.45) is 11.3 Å². The summed E-state index contributed by atoms with van der Waals surface area (Å²) in [6.45, 7) is 7.26. The summed E-state index contributed by atoms with van der Waals surface area (Å²) in [4.78, 5) is 24.3. The number of hydrogen-bond acceptors (Lipinski definition) is 3. The molecule has 0 bridgehead atoms. The molecule has 0 spiro atoms. The lowest BCUT2D eigenvalue weighted by atomic mass is 9.80. The van der Waals surface area contributed by atoms with Crippen molar-refractivity contribution in [2.75, 3.05) is 11.9 Å². The van der Waals surface area contributed by atoms with Crippen LogP contribution in [0.25, 0.3) is 0 Å². The van der Waals surface area contributed by atoms with Gasteiger partial charge in [-0.3, -0.25) is 9.59 Å².